The molecule has 1 aromatic rings. The van der Waals surface area contributed by atoms with E-state index in [0.717, 1.165) is 17.5 Å². The summed E-state index contributed by atoms with van der Waals surface area (Å²) in [6, 6.07) is 7.56. The molecule has 0 aliphatic rings. The van der Waals surface area contributed by atoms with Gasteiger partial charge in [0, 0.05) is 18.5 Å². The first-order valence-corrected chi connectivity index (χ1v) is 10.8. The number of benzene rings is 1. The average Bonchev–Trinajstić information content (AvgIpc) is 2.66. The van der Waals surface area contributed by atoms with E-state index < -0.39 is 0 Å². The maximum atomic E-state index is 11.9. The Morgan fingerprint density at radius 2 is 1.41 bits per heavy atom. The number of nitrogens with two attached hydrogens (primary N) is 1. The van der Waals surface area contributed by atoms with Crippen LogP contribution in [0.5, 0.6) is 0 Å². The van der Waals surface area contributed by atoms with Crippen molar-refractivity contribution in [1.29, 1.82) is 5.41 Å². The van der Waals surface area contributed by atoms with E-state index in [9.17, 15) is 4.79 Å². The van der Waals surface area contributed by atoms with Gasteiger partial charge in [-0.15, -0.1) is 0 Å². The quantitative estimate of drug-likeness (QED) is 0.196. The summed E-state index contributed by atoms with van der Waals surface area (Å²) in [6.07, 6.45) is 15.1. The van der Waals surface area contributed by atoms with Crippen LogP contribution >= 0.6 is 0 Å². The van der Waals surface area contributed by atoms with E-state index in [1.807, 2.05) is 24.3 Å². The zero-order chi connectivity index (χ0) is 19.7. The van der Waals surface area contributed by atoms with Gasteiger partial charge in [0.05, 0.1) is 6.54 Å². The fourth-order valence-electron chi connectivity index (χ4n) is 3.22. The molecule has 0 aliphatic carbocycles. The molecule has 0 spiro atoms. The van der Waals surface area contributed by atoms with Crippen molar-refractivity contribution in [2.75, 3.05) is 6.54 Å². The van der Waals surface area contributed by atoms with Crippen molar-refractivity contribution in [3.63, 3.8) is 0 Å². The molecule has 1 rings (SSSR count). The summed E-state index contributed by atoms with van der Waals surface area (Å²) in [6.45, 7) is 3.37. The molecule has 0 amide bonds. The maximum absolute atomic E-state index is 11.9. The second kappa shape index (κ2) is 15.4. The SMILES string of the molecule is CCCCCCCCCCCCCC(=O)CNCc1ccc(C(=N)N)cc1. The first-order valence-electron chi connectivity index (χ1n) is 10.8. The average molecular weight is 374 g/mol. The van der Waals surface area contributed by atoms with E-state index in [1.54, 1.807) is 0 Å². The van der Waals surface area contributed by atoms with Gasteiger partial charge in [0.1, 0.15) is 11.6 Å². The molecule has 0 saturated carbocycles. The van der Waals surface area contributed by atoms with Crippen molar-refractivity contribution in [2.24, 2.45) is 5.73 Å². The number of amidine groups is 1. The number of carbonyl (C=O) groups is 1. The lowest BCUT2D eigenvalue weighted by atomic mass is 10.0. The molecule has 0 bridgehead atoms. The van der Waals surface area contributed by atoms with Crippen molar-refractivity contribution in [1.82, 2.24) is 5.32 Å². The van der Waals surface area contributed by atoms with Gasteiger partial charge in [-0.25, -0.2) is 0 Å². The number of carbonyl (C=O) groups excluding carboxylic acids is 1. The maximum Gasteiger partial charge on any atom is 0.146 e. The Balaban J connectivity index is 1.93. The fourth-order valence-corrected chi connectivity index (χ4v) is 3.22. The van der Waals surface area contributed by atoms with E-state index in [0.29, 0.717) is 25.3 Å². The number of nitrogens with one attached hydrogen (secondary N) is 2. The molecule has 0 fully saturated rings. The first kappa shape index (κ1) is 23.4. The number of hydrogen-bond acceptors (Lipinski definition) is 3. The molecule has 0 aromatic heterocycles. The summed E-state index contributed by atoms with van der Waals surface area (Å²) in [7, 11) is 0. The number of ketones is 1. The van der Waals surface area contributed by atoms with Crippen molar-refractivity contribution >= 4 is 11.6 Å². The lowest BCUT2D eigenvalue weighted by Gasteiger charge is -2.06. The Kier molecular flexibility index (Phi) is 13.3. The van der Waals surface area contributed by atoms with Crippen LogP contribution < -0.4 is 11.1 Å². The standard InChI is InChI=1S/C23H39N3O/c1-2-3-4-5-6-7-8-9-10-11-12-13-22(27)19-26-18-20-14-16-21(17-15-20)23(24)25/h14-17,26H,2-13,18-19H2,1H3,(H3,24,25). The third-order valence-corrected chi connectivity index (χ3v) is 4.98. The van der Waals surface area contributed by atoms with Gasteiger partial charge < -0.3 is 11.1 Å². The molecule has 0 aliphatic heterocycles. The summed E-state index contributed by atoms with van der Waals surface area (Å²) >= 11 is 0. The minimum Gasteiger partial charge on any atom is -0.384 e. The van der Waals surface area contributed by atoms with E-state index >= 15 is 0 Å². The highest BCUT2D eigenvalue weighted by molar-refractivity contribution is 5.94. The molecule has 4 N–H and O–H groups in total. The fraction of sp³-hybridized carbons (Fsp3) is 0.652. The predicted octanol–water partition coefficient (Wildman–Crippen LogP) is 5.33. The van der Waals surface area contributed by atoms with Gasteiger partial charge >= 0.3 is 0 Å². The molecule has 0 heterocycles. The third kappa shape index (κ3) is 12.4. The molecular formula is C23H39N3O. The monoisotopic (exact) mass is 373 g/mol. The molecule has 0 radical (unpaired) electrons. The van der Waals surface area contributed by atoms with Crippen LogP contribution in [0.15, 0.2) is 24.3 Å². The smallest absolute Gasteiger partial charge is 0.146 e. The molecule has 4 heteroatoms. The van der Waals surface area contributed by atoms with Gasteiger partial charge in [-0.2, -0.15) is 0 Å². The highest BCUT2D eigenvalue weighted by atomic mass is 16.1. The molecule has 152 valence electrons. The molecule has 0 unspecified atom stereocenters. The minimum absolute atomic E-state index is 0.0802. The minimum atomic E-state index is 0.0802. The van der Waals surface area contributed by atoms with Crippen LogP contribution in [-0.2, 0) is 11.3 Å². The lowest BCUT2D eigenvalue weighted by Crippen LogP contribution is -2.22. The number of unbranched alkanes of at least 4 members (excludes halogenated alkanes) is 10. The Labute approximate surface area is 165 Å². The summed E-state index contributed by atoms with van der Waals surface area (Å²) in [5.41, 5.74) is 7.27. The highest BCUT2D eigenvalue weighted by Crippen LogP contribution is 2.12. The van der Waals surface area contributed by atoms with Crippen molar-refractivity contribution in [3.8, 4) is 0 Å². The predicted molar refractivity (Wildman–Crippen MR) is 115 cm³/mol. The van der Waals surface area contributed by atoms with Crippen molar-refractivity contribution in [3.05, 3.63) is 35.4 Å². The van der Waals surface area contributed by atoms with Gasteiger partial charge in [0.15, 0.2) is 0 Å². The molecule has 4 nitrogen and oxygen atoms in total. The Morgan fingerprint density at radius 3 is 1.93 bits per heavy atom. The largest absolute Gasteiger partial charge is 0.384 e. The topological polar surface area (TPSA) is 79.0 Å². The van der Waals surface area contributed by atoms with Crippen LogP contribution in [0.4, 0.5) is 0 Å². The van der Waals surface area contributed by atoms with Crippen LogP contribution in [0.2, 0.25) is 0 Å². The van der Waals surface area contributed by atoms with Crippen LogP contribution in [0.25, 0.3) is 0 Å². The Morgan fingerprint density at radius 1 is 0.889 bits per heavy atom. The summed E-state index contributed by atoms with van der Waals surface area (Å²) in [5.74, 6) is 0.378. The van der Waals surface area contributed by atoms with E-state index in [2.05, 4.69) is 12.2 Å². The number of Topliss-reactive ketones (excluding diaryl/α,β-unsaturated/α-hetero) is 1. The van der Waals surface area contributed by atoms with Gasteiger partial charge in [-0.1, -0.05) is 95.4 Å². The molecular weight excluding hydrogens is 334 g/mol. The Hall–Kier alpha value is -1.68. The second-order valence-electron chi connectivity index (χ2n) is 7.54. The van der Waals surface area contributed by atoms with E-state index in [-0.39, 0.29) is 5.84 Å². The van der Waals surface area contributed by atoms with Gasteiger partial charge in [0.25, 0.3) is 0 Å². The number of nitrogen functional groups attached to an aromatic ring is 1. The molecule has 27 heavy (non-hydrogen) atoms. The molecule has 0 atom stereocenters. The first-order chi connectivity index (χ1) is 13.1. The van der Waals surface area contributed by atoms with Crippen LogP contribution in [0.1, 0.15) is 95.1 Å². The normalized spacial score (nSPS) is 10.9. The number of rotatable bonds is 17. The zero-order valence-corrected chi connectivity index (χ0v) is 17.2. The highest BCUT2D eigenvalue weighted by Gasteiger charge is 2.02. The van der Waals surface area contributed by atoms with E-state index in [1.165, 1.54) is 64.2 Å². The molecule has 1 aromatic carbocycles. The second-order valence-corrected chi connectivity index (χ2v) is 7.54. The lowest BCUT2D eigenvalue weighted by molar-refractivity contribution is -0.118. The van der Waals surface area contributed by atoms with Gasteiger partial charge in [-0.05, 0) is 12.0 Å². The van der Waals surface area contributed by atoms with Crippen molar-refractivity contribution < 1.29 is 4.79 Å². The summed E-state index contributed by atoms with van der Waals surface area (Å²) in [5, 5.41) is 10.6. The summed E-state index contributed by atoms with van der Waals surface area (Å²) in [4.78, 5) is 11.9. The van der Waals surface area contributed by atoms with Crippen LogP contribution in [-0.4, -0.2) is 18.2 Å². The van der Waals surface area contributed by atoms with Gasteiger partial charge in [0.2, 0.25) is 0 Å². The number of hydrogen-bond donors (Lipinski definition) is 3. The molecule has 0 saturated heterocycles. The van der Waals surface area contributed by atoms with Gasteiger partial charge in [-0.3, -0.25) is 10.2 Å². The van der Waals surface area contributed by atoms with Crippen LogP contribution in [0, 0.1) is 5.41 Å². The van der Waals surface area contributed by atoms with Crippen LogP contribution in [0.3, 0.4) is 0 Å². The third-order valence-electron chi connectivity index (χ3n) is 4.98. The van der Waals surface area contributed by atoms with E-state index in [4.69, 9.17) is 11.1 Å². The Bertz CT molecular complexity index is 525. The van der Waals surface area contributed by atoms with Crippen molar-refractivity contribution in [2.45, 2.75) is 90.5 Å². The summed E-state index contributed by atoms with van der Waals surface area (Å²) < 4.78 is 0. The zero-order valence-electron chi connectivity index (χ0n) is 17.2.